The number of unbranched alkanes of at least 4 members (excludes halogenated alkanes) is 1. The number of esters is 1. The van der Waals surface area contributed by atoms with Crippen LogP contribution < -0.4 is 5.32 Å². The predicted octanol–water partition coefficient (Wildman–Crippen LogP) is 4.40. The number of anilines is 1. The number of nitrogens with zero attached hydrogens (tertiary/aromatic N) is 1. The number of carbonyl (C=O) groups excluding carboxylic acids is 2. The third-order valence-corrected chi connectivity index (χ3v) is 8.30. The van der Waals surface area contributed by atoms with Crippen LogP contribution in [0.2, 0.25) is 0 Å². The minimum Gasteiger partial charge on any atom is -0.462 e. The quantitative estimate of drug-likeness (QED) is 0.318. The predicted molar refractivity (Wildman–Crippen MR) is 130 cm³/mol. The van der Waals surface area contributed by atoms with E-state index < -0.39 is 10.0 Å². The second kappa shape index (κ2) is 11.7. The Kier molecular flexibility index (Phi) is 8.94. The van der Waals surface area contributed by atoms with E-state index in [1.807, 2.05) is 13.2 Å². The molecule has 3 rings (SSSR count). The van der Waals surface area contributed by atoms with Gasteiger partial charge in [-0.2, -0.15) is 4.31 Å². The van der Waals surface area contributed by atoms with Crippen LogP contribution >= 0.6 is 11.8 Å². The Labute approximate surface area is 199 Å². The first-order valence-corrected chi connectivity index (χ1v) is 13.7. The molecule has 0 atom stereocenters. The average molecular weight is 491 g/mol. The highest BCUT2D eigenvalue weighted by Crippen LogP contribution is 2.26. The van der Waals surface area contributed by atoms with Crippen LogP contribution in [0.15, 0.2) is 58.3 Å². The molecule has 1 fully saturated rings. The number of amides is 1. The fourth-order valence-electron chi connectivity index (χ4n) is 3.58. The molecule has 0 spiro atoms. The maximum Gasteiger partial charge on any atom is 0.338 e. The number of carbonyl (C=O) groups is 2. The Balaban J connectivity index is 1.52. The van der Waals surface area contributed by atoms with Crippen LogP contribution in [0.3, 0.4) is 0 Å². The number of rotatable bonds is 9. The normalized spacial score (nSPS) is 15.2. The van der Waals surface area contributed by atoms with Gasteiger partial charge in [0.2, 0.25) is 15.9 Å². The minimum atomic E-state index is -3.57. The molecular formula is C24H30N2O5S2. The molecule has 7 nitrogen and oxygen atoms in total. The van der Waals surface area contributed by atoms with Gasteiger partial charge < -0.3 is 10.1 Å². The lowest BCUT2D eigenvalue weighted by Gasteiger charge is -2.30. The van der Waals surface area contributed by atoms with Crippen molar-refractivity contribution in [2.45, 2.75) is 42.4 Å². The number of hydrogen-bond donors (Lipinski definition) is 1. The lowest BCUT2D eigenvalue weighted by Crippen LogP contribution is -2.41. The molecular weight excluding hydrogens is 460 g/mol. The summed E-state index contributed by atoms with van der Waals surface area (Å²) >= 11 is 1.56. The van der Waals surface area contributed by atoms with Crippen LogP contribution in [0.5, 0.6) is 0 Å². The summed E-state index contributed by atoms with van der Waals surface area (Å²) in [5.74, 6) is -0.790. The number of benzene rings is 2. The smallest absolute Gasteiger partial charge is 0.338 e. The zero-order valence-corrected chi connectivity index (χ0v) is 20.6. The summed E-state index contributed by atoms with van der Waals surface area (Å²) < 4.78 is 32.4. The molecule has 2 aromatic carbocycles. The third-order valence-electron chi connectivity index (χ3n) is 5.64. The zero-order valence-electron chi connectivity index (χ0n) is 19.0. The molecule has 0 aliphatic carbocycles. The second-order valence-electron chi connectivity index (χ2n) is 7.91. The molecule has 33 heavy (non-hydrogen) atoms. The van der Waals surface area contributed by atoms with Crippen LogP contribution in [-0.2, 0) is 19.6 Å². The van der Waals surface area contributed by atoms with E-state index in [4.69, 9.17) is 4.74 Å². The van der Waals surface area contributed by atoms with Gasteiger partial charge in [0.05, 0.1) is 17.1 Å². The van der Waals surface area contributed by atoms with E-state index in [0.29, 0.717) is 43.8 Å². The highest BCUT2D eigenvalue weighted by atomic mass is 32.2. The van der Waals surface area contributed by atoms with Gasteiger partial charge in [0.15, 0.2) is 0 Å². The Morgan fingerprint density at radius 1 is 1.06 bits per heavy atom. The Hall–Kier alpha value is -2.36. The Morgan fingerprint density at radius 3 is 2.27 bits per heavy atom. The van der Waals surface area contributed by atoms with E-state index in [2.05, 4.69) is 5.32 Å². The summed E-state index contributed by atoms with van der Waals surface area (Å²) in [6.45, 7) is 3.02. The van der Waals surface area contributed by atoms with Crippen molar-refractivity contribution in [1.29, 1.82) is 0 Å². The van der Waals surface area contributed by atoms with Gasteiger partial charge in [-0.15, -0.1) is 11.8 Å². The van der Waals surface area contributed by atoms with E-state index in [9.17, 15) is 18.0 Å². The average Bonchev–Trinajstić information content (AvgIpc) is 2.84. The van der Waals surface area contributed by atoms with Crippen LogP contribution in [0.1, 0.15) is 43.0 Å². The number of sulfonamides is 1. The van der Waals surface area contributed by atoms with Gasteiger partial charge in [-0.3, -0.25) is 4.79 Å². The summed E-state index contributed by atoms with van der Waals surface area (Å²) in [6, 6.07) is 13.5. The highest BCUT2D eigenvalue weighted by Gasteiger charge is 2.32. The van der Waals surface area contributed by atoms with Gasteiger partial charge in [0, 0.05) is 29.6 Å². The van der Waals surface area contributed by atoms with E-state index in [-0.39, 0.29) is 22.7 Å². The molecule has 9 heteroatoms. The van der Waals surface area contributed by atoms with Crippen molar-refractivity contribution < 1.29 is 22.7 Å². The fourth-order valence-corrected chi connectivity index (χ4v) is 5.46. The van der Waals surface area contributed by atoms with Crippen molar-refractivity contribution in [3.05, 3.63) is 54.1 Å². The van der Waals surface area contributed by atoms with E-state index in [0.717, 1.165) is 17.7 Å². The lowest BCUT2D eigenvalue weighted by atomic mass is 9.97. The first-order chi connectivity index (χ1) is 15.8. The first-order valence-electron chi connectivity index (χ1n) is 11.1. The van der Waals surface area contributed by atoms with Crippen molar-refractivity contribution >= 4 is 39.3 Å². The highest BCUT2D eigenvalue weighted by molar-refractivity contribution is 7.98. The SMILES string of the molecule is CCCCOC(=O)c1ccc(NC(=O)C2CCN(S(=O)(=O)c3ccc(SC)cc3)CC2)cc1. The number of hydrogen-bond acceptors (Lipinski definition) is 6. The molecule has 0 unspecified atom stereocenters. The molecule has 1 saturated heterocycles. The van der Waals surface area contributed by atoms with Crippen LogP contribution in [-0.4, -0.2) is 50.6 Å². The summed E-state index contributed by atoms with van der Waals surface area (Å²) in [6.07, 6.45) is 4.63. The minimum absolute atomic E-state index is 0.144. The maximum absolute atomic E-state index is 12.9. The number of piperidine rings is 1. The molecule has 1 aliphatic heterocycles. The molecule has 1 N–H and O–H groups in total. The third kappa shape index (κ3) is 6.59. The van der Waals surface area contributed by atoms with Gasteiger partial charge in [0.1, 0.15) is 0 Å². The van der Waals surface area contributed by atoms with Gasteiger partial charge in [-0.05, 0) is 74.0 Å². The van der Waals surface area contributed by atoms with E-state index >= 15 is 0 Å². The molecule has 1 heterocycles. The fraction of sp³-hybridized carbons (Fsp3) is 0.417. The number of thioether (sulfide) groups is 1. The van der Waals surface area contributed by atoms with E-state index in [1.165, 1.54) is 4.31 Å². The molecule has 178 valence electrons. The van der Waals surface area contributed by atoms with E-state index in [1.54, 1.807) is 60.3 Å². The van der Waals surface area contributed by atoms with Crippen molar-refractivity contribution in [1.82, 2.24) is 4.31 Å². The molecule has 1 amide bonds. The molecule has 0 bridgehead atoms. The summed E-state index contributed by atoms with van der Waals surface area (Å²) in [4.78, 5) is 25.9. The lowest BCUT2D eigenvalue weighted by molar-refractivity contribution is -0.120. The van der Waals surface area contributed by atoms with Crippen molar-refractivity contribution in [3.8, 4) is 0 Å². The topological polar surface area (TPSA) is 92.8 Å². The largest absolute Gasteiger partial charge is 0.462 e. The number of nitrogens with one attached hydrogen (secondary N) is 1. The Morgan fingerprint density at radius 2 is 1.70 bits per heavy atom. The zero-order chi connectivity index (χ0) is 23.8. The molecule has 0 radical (unpaired) electrons. The monoisotopic (exact) mass is 490 g/mol. The first kappa shape index (κ1) is 25.3. The van der Waals surface area contributed by atoms with Crippen LogP contribution in [0.25, 0.3) is 0 Å². The molecule has 0 aromatic heterocycles. The van der Waals surface area contributed by atoms with Crippen molar-refractivity contribution in [3.63, 3.8) is 0 Å². The van der Waals surface area contributed by atoms with Gasteiger partial charge in [-0.25, -0.2) is 13.2 Å². The standard InChI is InChI=1S/C24H30N2O5S2/c1-3-4-17-31-24(28)19-5-7-20(8-6-19)25-23(27)18-13-15-26(16-14-18)33(29,30)22-11-9-21(32-2)10-12-22/h5-12,18H,3-4,13-17H2,1-2H3,(H,25,27). The molecule has 0 saturated carbocycles. The number of ether oxygens (including phenoxy) is 1. The second-order valence-corrected chi connectivity index (χ2v) is 10.7. The Bertz CT molecular complexity index is 1050. The summed E-state index contributed by atoms with van der Waals surface area (Å²) in [5, 5.41) is 2.87. The van der Waals surface area contributed by atoms with Crippen molar-refractivity contribution in [2.24, 2.45) is 5.92 Å². The summed E-state index contributed by atoms with van der Waals surface area (Å²) in [7, 11) is -3.57. The van der Waals surface area contributed by atoms with Crippen LogP contribution in [0.4, 0.5) is 5.69 Å². The molecule has 1 aliphatic rings. The molecule has 2 aromatic rings. The van der Waals surface area contributed by atoms with Gasteiger partial charge >= 0.3 is 5.97 Å². The summed E-state index contributed by atoms with van der Waals surface area (Å²) in [5.41, 5.74) is 1.03. The maximum atomic E-state index is 12.9. The van der Waals surface area contributed by atoms with Gasteiger partial charge in [-0.1, -0.05) is 13.3 Å². The van der Waals surface area contributed by atoms with Crippen molar-refractivity contribution in [2.75, 3.05) is 31.3 Å². The van der Waals surface area contributed by atoms with Gasteiger partial charge in [0.25, 0.3) is 0 Å². The van der Waals surface area contributed by atoms with Crippen LogP contribution in [0, 0.1) is 5.92 Å².